The Hall–Kier alpha value is -4.45. The lowest BCUT2D eigenvalue weighted by Gasteiger charge is -2.46. The lowest BCUT2D eigenvalue weighted by molar-refractivity contribution is -0.124. The molecule has 10 nitrogen and oxygen atoms in total. The number of nitrogens with zero attached hydrogens (tertiary/aromatic N) is 3. The maximum atomic E-state index is 13.3. The molecule has 12 heteroatoms. The van der Waals surface area contributed by atoms with Gasteiger partial charge in [-0.2, -0.15) is 5.10 Å². The Bertz CT molecular complexity index is 1450. The molecule has 2 amide bonds. The molecule has 1 aliphatic carbocycles. The molecule has 3 N–H and O–H groups in total. The van der Waals surface area contributed by atoms with E-state index in [1.807, 2.05) is 24.3 Å². The first-order chi connectivity index (χ1) is 20.7. The molecule has 2 aliphatic rings. The molecule has 0 bridgehead atoms. The number of nitrogens with one attached hydrogen (secondary N) is 3. The standard InChI is InChI=1S/C31H36F2N6O4/c1-4-29(40)34-27-16-22(38-9-11-39(12-10-38)23-18-31(32,33)19-23)7-8-26(27)30(41)35-28-15-21(36-37-28)6-5-20-13-24(42-2)17-25(14-20)43-3/h4,7-8,13-17,23H,1,5-6,9-12,18-19H2,2-3H3,(H,34,40)(H2,35,36,37,41). The number of halogens is 2. The first kappa shape index (κ1) is 30.0. The van der Waals surface area contributed by atoms with Gasteiger partial charge >= 0.3 is 0 Å². The first-order valence-electron chi connectivity index (χ1n) is 14.2. The monoisotopic (exact) mass is 594 g/mol. The van der Waals surface area contributed by atoms with Crippen molar-refractivity contribution in [2.75, 3.05) is 55.9 Å². The highest BCUT2D eigenvalue weighted by Crippen LogP contribution is 2.41. The Morgan fingerprint density at radius 3 is 2.35 bits per heavy atom. The lowest BCUT2D eigenvalue weighted by atomic mass is 9.86. The van der Waals surface area contributed by atoms with E-state index in [2.05, 4.69) is 37.2 Å². The van der Waals surface area contributed by atoms with Crippen molar-refractivity contribution in [3.8, 4) is 11.5 Å². The minimum absolute atomic E-state index is 0.0708. The number of H-pyrrole nitrogens is 1. The van der Waals surface area contributed by atoms with E-state index in [1.165, 1.54) is 0 Å². The number of aromatic nitrogens is 2. The average Bonchev–Trinajstić information content (AvgIpc) is 3.45. The van der Waals surface area contributed by atoms with Crippen LogP contribution in [0.3, 0.4) is 0 Å². The van der Waals surface area contributed by atoms with Crippen molar-refractivity contribution >= 4 is 29.0 Å². The van der Waals surface area contributed by atoms with Crippen molar-refractivity contribution < 1.29 is 27.8 Å². The molecule has 5 rings (SSSR count). The van der Waals surface area contributed by atoms with Crippen LogP contribution in [0.4, 0.5) is 26.0 Å². The summed E-state index contributed by atoms with van der Waals surface area (Å²) < 4.78 is 37.3. The van der Waals surface area contributed by atoms with E-state index in [4.69, 9.17) is 9.47 Å². The van der Waals surface area contributed by atoms with Crippen LogP contribution in [-0.2, 0) is 17.6 Å². The van der Waals surface area contributed by atoms with Crippen molar-refractivity contribution in [3.05, 3.63) is 71.9 Å². The predicted molar refractivity (Wildman–Crippen MR) is 161 cm³/mol. The maximum absolute atomic E-state index is 13.3. The van der Waals surface area contributed by atoms with Gasteiger partial charge in [0.1, 0.15) is 11.5 Å². The summed E-state index contributed by atoms with van der Waals surface area (Å²) in [5.41, 5.74) is 3.29. The largest absolute Gasteiger partial charge is 0.497 e. The zero-order chi connectivity index (χ0) is 30.6. The molecule has 0 radical (unpaired) electrons. The van der Waals surface area contributed by atoms with Crippen molar-refractivity contribution in [2.45, 2.75) is 37.6 Å². The molecule has 2 aromatic carbocycles. The zero-order valence-corrected chi connectivity index (χ0v) is 24.3. The second kappa shape index (κ2) is 12.8. The van der Waals surface area contributed by atoms with Gasteiger partial charge in [0.05, 0.1) is 25.5 Å². The Morgan fingerprint density at radius 1 is 1.02 bits per heavy atom. The van der Waals surface area contributed by atoms with Crippen LogP contribution in [-0.4, -0.2) is 79.3 Å². The molecular weight excluding hydrogens is 558 g/mol. The quantitative estimate of drug-likeness (QED) is 0.280. The molecule has 0 unspecified atom stereocenters. The number of alkyl halides is 2. The van der Waals surface area contributed by atoms with Gasteiger partial charge in [0.2, 0.25) is 5.91 Å². The number of amides is 2. The van der Waals surface area contributed by atoms with Crippen molar-refractivity contribution in [1.29, 1.82) is 0 Å². The topological polar surface area (TPSA) is 112 Å². The fraction of sp³-hybridized carbons (Fsp3) is 0.387. The Kier molecular flexibility index (Phi) is 8.95. The van der Waals surface area contributed by atoms with Gasteiger partial charge < -0.3 is 25.0 Å². The van der Waals surface area contributed by atoms with Gasteiger partial charge in [0, 0.05) is 68.6 Å². The molecule has 228 valence electrons. The first-order valence-corrected chi connectivity index (χ1v) is 14.2. The molecule has 1 aliphatic heterocycles. The zero-order valence-electron chi connectivity index (χ0n) is 24.3. The molecule has 3 aromatic rings. The minimum Gasteiger partial charge on any atom is -0.497 e. The highest BCUT2D eigenvalue weighted by atomic mass is 19.3. The fourth-order valence-electron chi connectivity index (χ4n) is 5.47. The van der Waals surface area contributed by atoms with Crippen LogP contribution in [0, 0.1) is 0 Å². The van der Waals surface area contributed by atoms with Crippen LogP contribution in [0.5, 0.6) is 11.5 Å². The number of hydrogen-bond acceptors (Lipinski definition) is 7. The smallest absolute Gasteiger partial charge is 0.258 e. The number of ether oxygens (including phenoxy) is 2. The summed E-state index contributed by atoms with van der Waals surface area (Å²) in [5.74, 6) is -1.65. The predicted octanol–water partition coefficient (Wildman–Crippen LogP) is 4.51. The number of anilines is 3. The average molecular weight is 595 g/mol. The highest BCUT2D eigenvalue weighted by Gasteiger charge is 2.48. The van der Waals surface area contributed by atoms with Gasteiger partial charge in [0.15, 0.2) is 5.82 Å². The summed E-state index contributed by atoms with van der Waals surface area (Å²) >= 11 is 0. The van der Waals surface area contributed by atoms with Gasteiger partial charge in [-0.1, -0.05) is 6.58 Å². The van der Waals surface area contributed by atoms with Gasteiger partial charge in [-0.05, 0) is 54.8 Å². The van der Waals surface area contributed by atoms with Crippen LogP contribution in [0.15, 0.2) is 55.1 Å². The number of methoxy groups -OCH3 is 2. The van der Waals surface area contributed by atoms with Crippen LogP contribution in [0.1, 0.15) is 34.5 Å². The Labute approximate surface area is 249 Å². The van der Waals surface area contributed by atoms with Crippen molar-refractivity contribution in [1.82, 2.24) is 15.1 Å². The number of piperazine rings is 1. The van der Waals surface area contributed by atoms with Gasteiger partial charge in [-0.15, -0.1) is 0 Å². The molecule has 1 aromatic heterocycles. The van der Waals surface area contributed by atoms with E-state index in [0.29, 0.717) is 62.0 Å². The number of carbonyl (C=O) groups is 2. The van der Waals surface area contributed by atoms with Crippen molar-refractivity contribution in [3.63, 3.8) is 0 Å². The molecule has 2 fully saturated rings. The second-order valence-electron chi connectivity index (χ2n) is 10.8. The van der Waals surface area contributed by atoms with E-state index in [0.717, 1.165) is 23.0 Å². The number of aryl methyl sites for hydroxylation is 2. The molecule has 2 heterocycles. The Morgan fingerprint density at radius 2 is 1.72 bits per heavy atom. The number of benzene rings is 2. The fourth-order valence-corrected chi connectivity index (χ4v) is 5.47. The van der Waals surface area contributed by atoms with E-state index in [9.17, 15) is 18.4 Å². The van der Waals surface area contributed by atoms with Gasteiger partial charge in [-0.25, -0.2) is 8.78 Å². The maximum Gasteiger partial charge on any atom is 0.258 e. The minimum atomic E-state index is -2.54. The van der Waals surface area contributed by atoms with Crippen LogP contribution >= 0.6 is 0 Å². The van der Waals surface area contributed by atoms with Crippen molar-refractivity contribution in [2.24, 2.45) is 0 Å². The third-order valence-corrected chi connectivity index (χ3v) is 7.92. The third-order valence-electron chi connectivity index (χ3n) is 7.92. The number of hydrogen-bond donors (Lipinski definition) is 3. The molecule has 0 spiro atoms. The van der Waals surface area contributed by atoms with E-state index >= 15 is 0 Å². The molecule has 1 saturated carbocycles. The molecule has 1 saturated heterocycles. The summed E-state index contributed by atoms with van der Waals surface area (Å²) in [6.07, 6.45) is 2.32. The lowest BCUT2D eigenvalue weighted by Crippen LogP contribution is -2.57. The summed E-state index contributed by atoms with van der Waals surface area (Å²) in [7, 11) is 3.21. The molecule has 0 atom stereocenters. The number of rotatable bonds is 11. The van der Waals surface area contributed by atoms with Crippen LogP contribution < -0.4 is 25.0 Å². The highest BCUT2D eigenvalue weighted by molar-refractivity contribution is 6.11. The molecular formula is C31H36F2N6O4. The summed E-state index contributed by atoms with van der Waals surface area (Å²) in [6, 6.07) is 12.6. The summed E-state index contributed by atoms with van der Waals surface area (Å²) in [4.78, 5) is 29.7. The van der Waals surface area contributed by atoms with E-state index in [-0.39, 0.29) is 24.4 Å². The van der Waals surface area contributed by atoms with E-state index in [1.54, 1.807) is 32.4 Å². The number of carbonyl (C=O) groups excluding carboxylic acids is 2. The van der Waals surface area contributed by atoms with Gasteiger partial charge in [0.25, 0.3) is 11.8 Å². The van der Waals surface area contributed by atoms with E-state index < -0.39 is 17.7 Å². The number of aromatic amines is 1. The van der Waals surface area contributed by atoms with Crippen LogP contribution in [0.25, 0.3) is 0 Å². The summed E-state index contributed by atoms with van der Waals surface area (Å²) in [5, 5.41) is 12.7. The normalized spacial score (nSPS) is 16.7. The second-order valence-corrected chi connectivity index (χ2v) is 10.8. The SMILES string of the molecule is C=CC(=O)Nc1cc(N2CCN(C3CC(F)(F)C3)CC2)ccc1C(=O)Nc1cc(CCc2cc(OC)cc(OC)c2)[nH]n1. The van der Waals surface area contributed by atoms with Gasteiger partial charge in [-0.3, -0.25) is 19.6 Å². The summed E-state index contributed by atoms with van der Waals surface area (Å²) in [6.45, 7) is 6.16. The van der Waals surface area contributed by atoms with Crippen LogP contribution in [0.2, 0.25) is 0 Å². The Balaban J connectivity index is 1.23. The molecule has 43 heavy (non-hydrogen) atoms. The third kappa shape index (κ3) is 7.31.